The quantitative estimate of drug-likeness (QED) is 0.448. The van der Waals surface area contributed by atoms with Crippen LogP contribution >= 0.6 is 11.8 Å². The third kappa shape index (κ3) is 7.85. The fourth-order valence-corrected chi connectivity index (χ4v) is 0.904. The molecule has 0 rings (SSSR count). The summed E-state index contributed by atoms with van der Waals surface area (Å²) in [7, 11) is 0. The molecule has 2 nitrogen and oxygen atoms in total. The van der Waals surface area contributed by atoms with Crippen molar-refractivity contribution in [3.8, 4) is 0 Å². The molecule has 0 heterocycles. The van der Waals surface area contributed by atoms with Crippen molar-refractivity contribution in [1.82, 2.24) is 0 Å². The SMILES string of the molecule is C=COCCSCCO. The minimum absolute atomic E-state index is 0.249. The van der Waals surface area contributed by atoms with Crippen LogP contribution < -0.4 is 0 Å². The third-order valence-corrected chi connectivity index (χ3v) is 1.63. The van der Waals surface area contributed by atoms with Gasteiger partial charge in [-0.3, -0.25) is 0 Å². The van der Waals surface area contributed by atoms with Gasteiger partial charge in [0.05, 0.1) is 19.5 Å². The van der Waals surface area contributed by atoms with Crippen molar-refractivity contribution in [2.75, 3.05) is 24.7 Å². The van der Waals surface area contributed by atoms with Crippen LogP contribution in [0.3, 0.4) is 0 Å². The Morgan fingerprint density at radius 3 is 2.89 bits per heavy atom. The first-order chi connectivity index (χ1) is 4.41. The van der Waals surface area contributed by atoms with Crippen LogP contribution in [0.15, 0.2) is 12.8 Å². The van der Waals surface area contributed by atoms with E-state index in [-0.39, 0.29) is 6.61 Å². The van der Waals surface area contributed by atoms with Gasteiger partial charge in [-0.25, -0.2) is 0 Å². The molecule has 0 aliphatic carbocycles. The van der Waals surface area contributed by atoms with E-state index in [0.29, 0.717) is 6.61 Å². The van der Waals surface area contributed by atoms with Gasteiger partial charge in [0.25, 0.3) is 0 Å². The molecule has 0 bridgehead atoms. The van der Waals surface area contributed by atoms with E-state index in [1.54, 1.807) is 11.8 Å². The average molecular weight is 148 g/mol. The first kappa shape index (κ1) is 8.85. The standard InChI is InChI=1S/C6H12O2S/c1-2-8-4-6-9-5-3-7/h2,7H,1,3-6H2. The highest BCUT2D eigenvalue weighted by molar-refractivity contribution is 7.99. The maximum Gasteiger partial charge on any atom is 0.0963 e. The predicted octanol–water partition coefficient (Wildman–Crippen LogP) is 0.872. The van der Waals surface area contributed by atoms with Gasteiger partial charge < -0.3 is 9.84 Å². The van der Waals surface area contributed by atoms with E-state index < -0.39 is 0 Å². The molecule has 54 valence electrons. The Morgan fingerprint density at radius 2 is 2.33 bits per heavy atom. The highest BCUT2D eigenvalue weighted by Gasteiger charge is 1.84. The van der Waals surface area contributed by atoms with Crippen molar-refractivity contribution in [3.05, 3.63) is 12.8 Å². The van der Waals surface area contributed by atoms with Gasteiger partial charge in [0, 0.05) is 11.5 Å². The second-order valence-electron chi connectivity index (χ2n) is 1.37. The van der Waals surface area contributed by atoms with Crippen molar-refractivity contribution in [1.29, 1.82) is 0 Å². The highest BCUT2D eigenvalue weighted by Crippen LogP contribution is 1.96. The lowest BCUT2D eigenvalue weighted by Gasteiger charge is -1.97. The van der Waals surface area contributed by atoms with Crippen molar-refractivity contribution in [2.45, 2.75) is 0 Å². The van der Waals surface area contributed by atoms with Crippen LogP contribution in [0, 0.1) is 0 Å². The van der Waals surface area contributed by atoms with Crippen LogP contribution in [0.5, 0.6) is 0 Å². The summed E-state index contributed by atoms with van der Waals surface area (Å²) < 4.78 is 4.84. The van der Waals surface area contributed by atoms with Gasteiger partial charge in [-0.2, -0.15) is 11.8 Å². The average Bonchev–Trinajstić information content (AvgIpc) is 1.89. The Balaban J connectivity index is 2.66. The van der Waals surface area contributed by atoms with Crippen LogP contribution in [-0.4, -0.2) is 29.8 Å². The molecule has 0 aromatic heterocycles. The smallest absolute Gasteiger partial charge is 0.0963 e. The van der Waals surface area contributed by atoms with E-state index >= 15 is 0 Å². The number of hydrogen-bond donors (Lipinski definition) is 1. The molecule has 0 spiro atoms. The zero-order chi connectivity index (χ0) is 6.95. The second kappa shape index (κ2) is 7.85. The van der Waals surface area contributed by atoms with E-state index in [2.05, 4.69) is 6.58 Å². The molecule has 1 N–H and O–H groups in total. The maximum atomic E-state index is 8.34. The normalized spacial score (nSPS) is 9.00. The number of aliphatic hydroxyl groups excluding tert-OH is 1. The molecule has 0 aromatic carbocycles. The summed E-state index contributed by atoms with van der Waals surface area (Å²) in [5, 5.41) is 8.34. The number of ether oxygens (including phenoxy) is 1. The largest absolute Gasteiger partial charge is 0.501 e. The van der Waals surface area contributed by atoms with Gasteiger partial charge in [0.1, 0.15) is 0 Å². The van der Waals surface area contributed by atoms with Crippen LogP contribution in [0.25, 0.3) is 0 Å². The maximum absolute atomic E-state index is 8.34. The van der Waals surface area contributed by atoms with Crippen LogP contribution in [-0.2, 0) is 4.74 Å². The molecule has 0 unspecified atom stereocenters. The van der Waals surface area contributed by atoms with E-state index in [4.69, 9.17) is 9.84 Å². The Morgan fingerprint density at radius 1 is 1.56 bits per heavy atom. The van der Waals surface area contributed by atoms with Crippen LogP contribution in [0.1, 0.15) is 0 Å². The van der Waals surface area contributed by atoms with Crippen molar-refractivity contribution >= 4 is 11.8 Å². The first-order valence-corrected chi connectivity index (χ1v) is 3.98. The zero-order valence-corrected chi connectivity index (χ0v) is 6.19. The monoisotopic (exact) mass is 148 g/mol. The molecule has 0 saturated carbocycles. The molecule has 0 aliphatic rings. The first-order valence-electron chi connectivity index (χ1n) is 2.83. The Labute approximate surface area is 59.9 Å². The topological polar surface area (TPSA) is 29.5 Å². The minimum atomic E-state index is 0.249. The van der Waals surface area contributed by atoms with E-state index in [0.717, 1.165) is 11.5 Å². The predicted molar refractivity (Wildman–Crippen MR) is 40.6 cm³/mol. The fraction of sp³-hybridized carbons (Fsp3) is 0.667. The van der Waals surface area contributed by atoms with Gasteiger partial charge in [-0.1, -0.05) is 6.58 Å². The molecule has 0 saturated heterocycles. The van der Waals surface area contributed by atoms with Crippen molar-refractivity contribution in [3.63, 3.8) is 0 Å². The summed E-state index contributed by atoms with van der Waals surface area (Å²) >= 11 is 1.67. The molecule has 0 fully saturated rings. The van der Waals surface area contributed by atoms with E-state index in [9.17, 15) is 0 Å². The lowest BCUT2D eigenvalue weighted by Crippen LogP contribution is -1.94. The van der Waals surface area contributed by atoms with Crippen LogP contribution in [0.4, 0.5) is 0 Å². The number of rotatable bonds is 6. The van der Waals surface area contributed by atoms with Gasteiger partial charge in [0.2, 0.25) is 0 Å². The Kier molecular flexibility index (Phi) is 7.72. The summed E-state index contributed by atoms with van der Waals surface area (Å²) in [4.78, 5) is 0. The van der Waals surface area contributed by atoms with Crippen molar-refractivity contribution < 1.29 is 9.84 Å². The lowest BCUT2D eigenvalue weighted by molar-refractivity contribution is 0.273. The molecule has 9 heavy (non-hydrogen) atoms. The van der Waals surface area contributed by atoms with Gasteiger partial charge in [-0.05, 0) is 0 Å². The fourth-order valence-electron chi connectivity index (χ4n) is 0.357. The molecular weight excluding hydrogens is 136 g/mol. The molecule has 3 heteroatoms. The van der Waals surface area contributed by atoms with Gasteiger partial charge in [-0.15, -0.1) is 0 Å². The van der Waals surface area contributed by atoms with Gasteiger partial charge in [0.15, 0.2) is 0 Å². The molecule has 0 radical (unpaired) electrons. The van der Waals surface area contributed by atoms with Gasteiger partial charge >= 0.3 is 0 Å². The van der Waals surface area contributed by atoms with Crippen LogP contribution in [0.2, 0.25) is 0 Å². The summed E-state index contributed by atoms with van der Waals surface area (Å²) in [6.07, 6.45) is 1.43. The molecule has 0 aromatic rings. The summed E-state index contributed by atoms with van der Waals surface area (Å²) in [6, 6.07) is 0. The molecular formula is C6H12O2S. The molecule has 0 aliphatic heterocycles. The summed E-state index contributed by atoms with van der Waals surface area (Å²) in [6.45, 7) is 4.34. The number of thioether (sulfide) groups is 1. The van der Waals surface area contributed by atoms with E-state index in [1.165, 1.54) is 6.26 Å². The number of hydrogen-bond acceptors (Lipinski definition) is 3. The lowest BCUT2D eigenvalue weighted by atomic mass is 10.8. The van der Waals surface area contributed by atoms with Crippen molar-refractivity contribution in [2.24, 2.45) is 0 Å². The zero-order valence-electron chi connectivity index (χ0n) is 5.38. The second-order valence-corrected chi connectivity index (χ2v) is 2.60. The highest BCUT2D eigenvalue weighted by atomic mass is 32.2. The summed E-state index contributed by atoms with van der Waals surface area (Å²) in [5.74, 6) is 1.72. The van der Waals surface area contributed by atoms with E-state index in [1.807, 2.05) is 0 Å². The number of aliphatic hydroxyl groups is 1. The summed E-state index contributed by atoms with van der Waals surface area (Å²) in [5.41, 5.74) is 0. The molecule has 0 atom stereocenters. The third-order valence-electron chi connectivity index (χ3n) is 0.699. The Bertz CT molecular complexity index is 66.1. The molecule has 0 amide bonds. The Hall–Kier alpha value is -0.150. The minimum Gasteiger partial charge on any atom is -0.501 e.